The Morgan fingerprint density at radius 1 is 1.13 bits per heavy atom. The van der Waals surface area contributed by atoms with Gasteiger partial charge in [-0.05, 0) is 48.9 Å². The zero-order chi connectivity index (χ0) is 26.0. The molecule has 6 atom stereocenters. The van der Waals surface area contributed by atoms with Gasteiger partial charge in [-0.15, -0.1) is 0 Å². The van der Waals surface area contributed by atoms with Crippen LogP contribution in [0.1, 0.15) is 49.7 Å². The maximum Gasteiger partial charge on any atom is 1.00 e. The molecule has 0 aromatic heterocycles. The largest absolute Gasteiger partial charge is 1.00 e. The Bertz CT molecular complexity index is 1350. The molecule has 2 aliphatic heterocycles. The van der Waals surface area contributed by atoms with Crippen molar-refractivity contribution in [3.8, 4) is 16.9 Å². The molecule has 2 fully saturated rings. The minimum absolute atomic E-state index is 0. The van der Waals surface area contributed by atoms with E-state index in [1.54, 1.807) is 6.92 Å². The number of hydrogen-bond donors (Lipinski definition) is 1. The fourth-order valence-corrected chi connectivity index (χ4v) is 6.99. The van der Waals surface area contributed by atoms with Crippen molar-refractivity contribution < 1.29 is 63.6 Å². The van der Waals surface area contributed by atoms with Gasteiger partial charge in [-0.3, -0.25) is 9.59 Å². The number of aliphatic hydroxyl groups is 1. The molecule has 0 radical (unpaired) electrons. The summed E-state index contributed by atoms with van der Waals surface area (Å²) in [5, 5.41) is 22.5. The topological polar surface area (TPSA) is 116 Å². The average Bonchev–Trinajstić information content (AvgIpc) is 3.36. The molecule has 38 heavy (non-hydrogen) atoms. The molecule has 0 spiro atoms. The zero-order valence-corrected chi connectivity index (χ0v) is 23.7. The van der Waals surface area contributed by atoms with Crippen molar-refractivity contribution in [2.45, 2.75) is 56.8 Å². The Labute approximate surface area is 242 Å². The standard InChI is InChI=1S/C29H29NO7.Na/c1-14(31)23-26-18-10-6-12-21(25(18)27(29(34)35)30(26)28(23)33)37-20-11-5-9-17-19(13-22(32)36-2)15-7-3-4-8-16(15)24(17)20;/h3-5,7-9,11,14,18-19,21,23,26,31H,6,10,12-13H2,1-2H3,(H,34,35);/q;+1/p-1. The Hall–Kier alpha value is -2.65. The smallest absolute Gasteiger partial charge is 0.543 e. The van der Waals surface area contributed by atoms with Crippen LogP contribution in [0.15, 0.2) is 53.7 Å². The molecule has 0 bridgehead atoms. The van der Waals surface area contributed by atoms with Crippen molar-refractivity contribution in [3.63, 3.8) is 0 Å². The number of methoxy groups -OCH3 is 1. The maximum atomic E-state index is 12.8. The molecule has 6 unspecified atom stereocenters. The molecule has 2 aromatic rings. The van der Waals surface area contributed by atoms with E-state index < -0.39 is 24.1 Å². The second kappa shape index (κ2) is 10.2. The number of carboxylic acid groups (broad SMARTS) is 1. The minimum Gasteiger partial charge on any atom is -0.543 e. The van der Waals surface area contributed by atoms with Crippen LogP contribution in [0.5, 0.6) is 5.75 Å². The van der Waals surface area contributed by atoms with Gasteiger partial charge in [0.15, 0.2) is 0 Å². The van der Waals surface area contributed by atoms with Crippen LogP contribution in [0.25, 0.3) is 11.1 Å². The van der Waals surface area contributed by atoms with Crippen molar-refractivity contribution >= 4 is 17.8 Å². The van der Waals surface area contributed by atoms with Crippen LogP contribution < -0.4 is 39.4 Å². The molecule has 4 aliphatic rings. The fraction of sp³-hybridized carbons (Fsp3) is 0.414. The van der Waals surface area contributed by atoms with Crippen LogP contribution in [-0.2, 0) is 19.1 Å². The second-order valence-corrected chi connectivity index (χ2v) is 10.3. The molecule has 192 valence electrons. The van der Waals surface area contributed by atoms with Crippen molar-refractivity contribution in [1.82, 2.24) is 4.90 Å². The molecule has 2 aromatic carbocycles. The van der Waals surface area contributed by atoms with E-state index >= 15 is 0 Å². The van der Waals surface area contributed by atoms with E-state index in [0.717, 1.165) is 35.1 Å². The summed E-state index contributed by atoms with van der Waals surface area (Å²) in [6.45, 7) is 1.57. The van der Waals surface area contributed by atoms with E-state index in [9.17, 15) is 24.6 Å². The van der Waals surface area contributed by atoms with Gasteiger partial charge >= 0.3 is 35.5 Å². The number of aliphatic carboxylic acids is 1. The van der Waals surface area contributed by atoms with Gasteiger partial charge in [0.05, 0.1) is 43.3 Å². The van der Waals surface area contributed by atoms with E-state index in [2.05, 4.69) is 0 Å². The van der Waals surface area contributed by atoms with E-state index in [1.165, 1.54) is 12.0 Å². The first kappa shape index (κ1) is 26.9. The molecule has 1 saturated carbocycles. The molecular weight excluding hydrogens is 497 g/mol. The summed E-state index contributed by atoms with van der Waals surface area (Å²) in [4.78, 5) is 38.6. The van der Waals surface area contributed by atoms with Gasteiger partial charge in [-0.2, -0.15) is 0 Å². The van der Waals surface area contributed by atoms with E-state index in [1.807, 2.05) is 42.5 Å². The Kier molecular flexibility index (Phi) is 7.20. The van der Waals surface area contributed by atoms with Crippen molar-refractivity contribution in [1.29, 1.82) is 0 Å². The molecule has 2 heterocycles. The third kappa shape index (κ3) is 3.92. The first-order valence-corrected chi connectivity index (χ1v) is 12.8. The molecule has 6 rings (SSSR count). The molecule has 1 saturated heterocycles. The summed E-state index contributed by atoms with van der Waals surface area (Å²) in [6.07, 6.45) is 0.931. The van der Waals surface area contributed by atoms with Gasteiger partial charge in [0.1, 0.15) is 11.9 Å². The summed E-state index contributed by atoms with van der Waals surface area (Å²) in [5.41, 5.74) is 4.34. The van der Waals surface area contributed by atoms with Crippen molar-refractivity contribution in [2.24, 2.45) is 11.8 Å². The van der Waals surface area contributed by atoms with Gasteiger partial charge in [-0.25, -0.2) is 0 Å². The van der Waals surface area contributed by atoms with Crippen LogP contribution in [-0.4, -0.2) is 53.2 Å². The Balaban J connectivity index is 0.00000294. The maximum absolute atomic E-state index is 12.8. The van der Waals surface area contributed by atoms with Gasteiger partial charge in [-0.1, -0.05) is 36.4 Å². The van der Waals surface area contributed by atoms with Gasteiger partial charge < -0.3 is 29.4 Å². The molecule has 8 nitrogen and oxygen atoms in total. The Morgan fingerprint density at radius 2 is 1.87 bits per heavy atom. The number of carboxylic acids is 1. The van der Waals surface area contributed by atoms with Crippen LogP contribution in [0.2, 0.25) is 0 Å². The molecule has 9 heteroatoms. The number of nitrogens with zero attached hydrogens (tertiary/aromatic N) is 1. The number of ether oxygens (including phenoxy) is 2. The Morgan fingerprint density at radius 3 is 2.58 bits per heavy atom. The van der Waals surface area contributed by atoms with Gasteiger partial charge in [0, 0.05) is 23.0 Å². The van der Waals surface area contributed by atoms with E-state index in [0.29, 0.717) is 17.7 Å². The zero-order valence-electron chi connectivity index (χ0n) is 21.7. The minimum atomic E-state index is -1.39. The summed E-state index contributed by atoms with van der Waals surface area (Å²) in [5.74, 6) is -2.44. The number of amides is 1. The quantitative estimate of drug-likeness (QED) is 0.296. The number of rotatable bonds is 6. The number of esters is 1. The normalized spacial score (nSPS) is 27.3. The van der Waals surface area contributed by atoms with Crippen LogP contribution in [0.4, 0.5) is 0 Å². The van der Waals surface area contributed by atoms with Crippen LogP contribution in [0.3, 0.4) is 0 Å². The van der Waals surface area contributed by atoms with Gasteiger partial charge in [0.2, 0.25) is 5.91 Å². The third-order valence-electron chi connectivity index (χ3n) is 8.46. The molecule has 2 aliphatic carbocycles. The van der Waals surface area contributed by atoms with Crippen molar-refractivity contribution in [3.05, 3.63) is 64.9 Å². The summed E-state index contributed by atoms with van der Waals surface area (Å²) < 4.78 is 11.6. The van der Waals surface area contributed by atoms with Crippen LogP contribution in [0, 0.1) is 11.8 Å². The number of aliphatic hydroxyl groups excluding tert-OH is 1. The summed E-state index contributed by atoms with van der Waals surface area (Å²) >= 11 is 0. The second-order valence-electron chi connectivity index (χ2n) is 10.3. The molecule has 1 amide bonds. The van der Waals surface area contributed by atoms with E-state index in [4.69, 9.17) is 9.47 Å². The third-order valence-corrected chi connectivity index (χ3v) is 8.46. The molecule has 1 N–H and O–H groups in total. The number of benzene rings is 2. The van der Waals surface area contributed by atoms with Crippen LogP contribution >= 0.6 is 0 Å². The monoisotopic (exact) mass is 525 g/mol. The number of hydrogen-bond acceptors (Lipinski definition) is 7. The first-order valence-electron chi connectivity index (χ1n) is 12.8. The fourth-order valence-electron chi connectivity index (χ4n) is 6.99. The predicted molar refractivity (Wildman–Crippen MR) is 130 cm³/mol. The van der Waals surface area contributed by atoms with E-state index in [-0.39, 0.29) is 71.4 Å². The summed E-state index contributed by atoms with van der Waals surface area (Å²) in [7, 11) is 1.38. The van der Waals surface area contributed by atoms with Crippen molar-refractivity contribution in [2.75, 3.05) is 7.11 Å². The number of fused-ring (bicyclic) bond motifs is 6. The number of carbonyl (C=O) groups excluding carboxylic acids is 3. The first-order chi connectivity index (χ1) is 17.8. The summed E-state index contributed by atoms with van der Waals surface area (Å²) in [6, 6.07) is 13.2. The number of carbonyl (C=O) groups is 3. The van der Waals surface area contributed by atoms with Gasteiger partial charge in [0.25, 0.3) is 0 Å². The average molecular weight is 526 g/mol. The SMILES string of the molecule is COC(=O)CC1c2ccccc2-c2c(OC3CCCC4C3=C(C(=O)[O-])N3C(=O)C(C(C)O)C43)cccc21.[Na+]. The number of β-lactam (4-membered cyclic amide) rings is 1. The predicted octanol–water partition coefficient (Wildman–Crippen LogP) is -0.861. The molecular formula is C29H28NNaO7.